The van der Waals surface area contributed by atoms with Crippen LogP contribution in [0.1, 0.15) is 18.0 Å². The molecule has 1 aromatic carbocycles. The van der Waals surface area contributed by atoms with Gasteiger partial charge in [0, 0.05) is 43.9 Å². The van der Waals surface area contributed by atoms with E-state index in [0.29, 0.717) is 5.75 Å². The van der Waals surface area contributed by atoms with E-state index in [0.717, 1.165) is 49.7 Å². The Labute approximate surface area is 157 Å². The number of hydrogen-bond donors (Lipinski definition) is 1. The number of rotatable bonds is 7. The van der Waals surface area contributed by atoms with Crippen LogP contribution in [0, 0.1) is 0 Å². The summed E-state index contributed by atoms with van der Waals surface area (Å²) in [4.78, 5) is 2.46. The SMILES string of the molecule is C=CC[C@@H](c1cc(OC)c(OC)cc1OC)N1CCNCC1.Cl.Cl. The van der Waals surface area contributed by atoms with E-state index in [1.807, 2.05) is 18.2 Å². The predicted molar refractivity (Wildman–Crippen MR) is 103 cm³/mol. The molecule has 0 radical (unpaired) electrons. The number of piperazine rings is 1. The summed E-state index contributed by atoms with van der Waals surface area (Å²) in [6.07, 6.45) is 2.83. The Morgan fingerprint density at radius 1 is 1.04 bits per heavy atom. The van der Waals surface area contributed by atoms with Crippen LogP contribution in [0.5, 0.6) is 17.2 Å². The summed E-state index contributed by atoms with van der Waals surface area (Å²) in [5, 5.41) is 3.39. The lowest BCUT2D eigenvalue weighted by Gasteiger charge is -2.35. The highest BCUT2D eigenvalue weighted by Crippen LogP contribution is 2.40. The van der Waals surface area contributed by atoms with Crippen molar-refractivity contribution >= 4 is 24.8 Å². The maximum absolute atomic E-state index is 5.59. The molecular formula is C17H28Cl2N2O3. The summed E-state index contributed by atoms with van der Waals surface area (Å²) in [7, 11) is 4.98. The molecule has 5 nitrogen and oxygen atoms in total. The minimum atomic E-state index is 0. The minimum absolute atomic E-state index is 0. The molecule has 0 amide bonds. The lowest BCUT2D eigenvalue weighted by Crippen LogP contribution is -2.45. The van der Waals surface area contributed by atoms with E-state index >= 15 is 0 Å². The zero-order valence-electron chi connectivity index (χ0n) is 14.5. The second kappa shape index (κ2) is 11.4. The van der Waals surface area contributed by atoms with Crippen LogP contribution >= 0.6 is 24.8 Å². The molecule has 0 bridgehead atoms. The summed E-state index contributed by atoms with van der Waals surface area (Å²) >= 11 is 0. The van der Waals surface area contributed by atoms with Crippen molar-refractivity contribution in [2.45, 2.75) is 12.5 Å². The topological polar surface area (TPSA) is 43.0 Å². The van der Waals surface area contributed by atoms with Gasteiger partial charge in [0.15, 0.2) is 11.5 Å². The fourth-order valence-electron chi connectivity index (χ4n) is 2.94. The molecule has 0 unspecified atom stereocenters. The van der Waals surface area contributed by atoms with Crippen molar-refractivity contribution in [2.24, 2.45) is 0 Å². The van der Waals surface area contributed by atoms with Gasteiger partial charge in [0.25, 0.3) is 0 Å². The monoisotopic (exact) mass is 378 g/mol. The highest BCUT2D eigenvalue weighted by atomic mass is 35.5. The molecule has 1 saturated heterocycles. The molecule has 0 aromatic heterocycles. The van der Waals surface area contributed by atoms with Gasteiger partial charge in [-0.2, -0.15) is 0 Å². The van der Waals surface area contributed by atoms with Crippen molar-refractivity contribution in [1.82, 2.24) is 10.2 Å². The molecular weight excluding hydrogens is 351 g/mol. The van der Waals surface area contributed by atoms with Gasteiger partial charge in [-0.05, 0) is 12.5 Å². The molecule has 1 N–H and O–H groups in total. The van der Waals surface area contributed by atoms with Crippen molar-refractivity contribution in [3.8, 4) is 17.2 Å². The molecule has 138 valence electrons. The molecule has 2 rings (SSSR count). The zero-order chi connectivity index (χ0) is 15.9. The van der Waals surface area contributed by atoms with Crippen molar-refractivity contribution in [3.05, 3.63) is 30.4 Å². The fraction of sp³-hybridized carbons (Fsp3) is 0.529. The maximum atomic E-state index is 5.59. The number of ether oxygens (including phenoxy) is 3. The van der Waals surface area contributed by atoms with Gasteiger partial charge in [-0.25, -0.2) is 0 Å². The van der Waals surface area contributed by atoms with Gasteiger partial charge >= 0.3 is 0 Å². The Balaban J connectivity index is 0.00000264. The third-order valence-electron chi connectivity index (χ3n) is 4.08. The molecule has 1 fully saturated rings. The number of halogens is 2. The lowest BCUT2D eigenvalue weighted by atomic mass is 9.99. The third-order valence-corrected chi connectivity index (χ3v) is 4.08. The normalized spacial score (nSPS) is 15.5. The van der Waals surface area contributed by atoms with Crippen LogP contribution in [0.2, 0.25) is 0 Å². The van der Waals surface area contributed by atoms with E-state index < -0.39 is 0 Å². The Kier molecular flexibility index (Phi) is 10.9. The largest absolute Gasteiger partial charge is 0.496 e. The minimum Gasteiger partial charge on any atom is -0.496 e. The molecule has 0 aliphatic carbocycles. The number of benzene rings is 1. The highest BCUT2D eigenvalue weighted by molar-refractivity contribution is 5.85. The van der Waals surface area contributed by atoms with Gasteiger partial charge in [-0.3, -0.25) is 4.90 Å². The van der Waals surface area contributed by atoms with E-state index in [9.17, 15) is 0 Å². The van der Waals surface area contributed by atoms with E-state index in [1.165, 1.54) is 0 Å². The van der Waals surface area contributed by atoms with E-state index in [-0.39, 0.29) is 30.9 Å². The maximum Gasteiger partial charge on any atom is 0.164 e. The quantitative estimate of drug-likeness (QED) is 0.738. The van der Waals surface area contributed by atoms with Crippen molar-refractivity contribution in [1.29, 1.82) is 0 Å². The lowest BCUT2D eigenvalue weighted by molar-refractivity contribution is 0.171. The number of methoxy groups -OCH3 is 3. The van der Waals surface area contributed by atoms with Crippen LogP contribution < -0.4 is 19.5 Å². The van der Waals surface area contributed by atoms with Crippen molar-refractivity contribution in [2.75, 3.05) is 47.5 Å². The van der Waals surface area contributed by atoms with Crippen LogP contribution in [-0.4, -0.2) is 52.4 Å². The number of hydrogen-bond acceptors (Lipinski definition) is 5. The van der Waals surface area contributed by atoms with E-state index in [1.54, 1.807) is 21.3 Å². The summed E-state index contributed by atoms with van der Waals surface area (Å²) in [6.45, 7) is 7.94. The van der Waals surface area contributed by atoms with E-state index in [4.69, 9.17) is 14.2 Å². The Hall–Kier alpha value is -1.14. The molecule has 0 saturated carbocycles. The molecule has 1 aromatic rings. The van der Waals surface area contributed by atoms with Crippen molar-refractivity contribution in [3.63, 3.8) is 0 Å². The third kappa shape index (κ3) is 5.18. The molecule has 7 heteroatoms. The van der Waals surface area contributed by atoms with Gasteiger partial charge in [0.1, 0.15) is 5.75 Å². The number of nitrogens with zero attached hydrogens (tertiary/aromatic N) is 1. The fourth-order valence-corrected chi connectivity index (χ4v) is 2.94. The second-order valence-corrected chi connectivity index (χ2v) is 5.28. The Morgan fingerprint density at radius 3 is 2.08 bits per heavy atom. The van der Waals surface area contributed by atoms with E-state index in [2.05, 4.69) is 16.8 Å². The van der Waals surface area contributed by atoms with Crippen LogP contribution in [0.3, 0.4) is 0 Å². The van der Waals surface area contributed by atoms with Crippen LogP contribution in [0.25, 0.3) is 0 Å². The molecule has 1 aliphatic rings. The highest BCUT2D eigenvalue weighted by Gasteiger charge is 2.25. The van der Waals surface area contributed by atoms with Gasteiger partial charge in [-0.1, -0.05) is 6.08 Å². The zero-order valence-corrected chi connectivity index (χ0v) is 16.2. The molecule has 1 atom stereocenters. The second-order valence-electron chi connectivity index (χ2n) is 5.28. The predicted octanol–water partition coefficient (Wildman–Crippen LogP) is 3.08. The van der Waals surface area contributed by atoms with Gasteiger partial charge < -0.3 is 19.5 Å². The first-order valence-electron chi connectivity index (χ1n) is 7.60. The van der Waals surface area contributed by atoms with Gasteiger partial charge in [0.2, 0.25) is 0 Å². The standard InChI is InChI=1S/C17H26N2O3.2ClH/c1-5-6-14(19-9-7-18-8-10-19)13-11-16(21-3)17(22-4)12-15(13)20-2;;/h5,11-12,14,18H,1,6-10H2,2-4H3;2*1H/t14-;;/m0../s1. The van der Waals surface area contributed by atoms with Crippen molar-refractivity contribution < 1.29 is 14.2 Å². The smallest absolute Gasteiger partial charge is 0.164 e. The first kappa shape index (κ1) is 22.9. The number of nitrogens with one attached hydrogen (secondary N) is 1. The summed E-state index contributed by atoms with van der Waals surface area (Å²) < 4.78 is 16.4. The molecule has 0 spiro atoms. The summed E-state index contributed by atoms with van der Waals surface area (Å²) in [6, 6.07) is 4.15. The summed E-state index contributed by atoms with van der Waals surface area (Å²) in [5.74, 6) is 2.23. The van der Waals surface area contributed by atoms with Gasteiger partial charge in [-0.15, -0.1) is 31.4 Å². The van der Waals surface area contributed by atoms with Crippen LogP contribution in [0.15, 0.2) is 24.8 Å². The molecule has 1 aliphatic heterocycles. The summed E-state index contributed by atoms with van der Waals surface area (Å²) in [5.41, 5.74) is 1.11. The Bertz CT molecular complexity index is 509. The Morgan fingerprint density at radius 2 is 1.58 bits per heavy atom. The first-order chi connectivity index (χ1) is 10.7. The molecule has 24 heavy (non-hydrogen) atoms. The first-order valence-corrected chi connectivity index (χ1v) is 7.60. The van der Waals surface area contributed by atoms with Crippen LogP contribution in [0.4, 0.5) is 0 Å². The van der Waals surface area contributed by atoms with Gasteiger partial charge in [0.05, 0.1) is 21.3 Å². The average Bonchev–Trinajstić information content (AvgIpc) is 2.59. The molecule has 1 heterocycles. The average molecular weight is 379 g/mol. The van der Waals surface area contributed by atoms with Crippen LogP contribution in [-0.2, 0) is 0 Å².